The number of thioether (sulfide) groups is 1. The van der Waals surface area contributed by atoms with E-state index in [2.05, 4.69) is 25.3 Å². The van der Waals surface area contributed by atoms with Crippen molar-refractivity contribution < 1.29 is 4.52 Å². The van der Waals surface area contributed by atoms with Gasteiger partial charge in [0, 0.05) is 11.1 Å². The molecule has 0 spiro atoms. The van der Waals surface area contributed by atoms with Gasteiger partial charge in [-0.2, -0.15) is 4.98 Å². The van der Waals surface area contributed by atoms with E-state index in [9.17, 15) is 0 Å². The zero-order valence-electron chi connectivity index (χ0n) is 12.9. The van der Waals surface area contributed by atoms with Gasteiger partial charge < -0.3 is 4.52 Å². The van der Waals surface area contributed by atoms with Crippen molar-refractivity contribution >= 4 is 23.4 Å². The summed E-state index contributed by atoms with van der Waals surface area (Å²) in [5, 5.41) is 12.3. The number of rotatable bonds is 5. The Kier molecular flexibility index (Phi) is 4.49. The molecule has 0 amide bonds. The van der Waals surface area contributed by atoms with Crippen LogP contribution in [0.25, 0.3) is 22.8 Å². The summed E-state index contributed by atoms with van der Waals surface area (Å²) < 4.78 is 5.28. The van der Waals surface area contributed by atoms with Crippen molar-refractivity contribution in [1.82, 2.24) is 25.3 Å². The van der Waals surface area contributed by atoms with E-state index in [0.717, 1.165) is 17.0 Å². The molecule has 2 aromatic heterocycles. The second-order valence-corrected chi connectivity index (χ2v) is 6.46. The lowest BCUT2D eigenvalue weighted by atomic mass is 10.2. The van der Waals surface area contributed by atoms with Crippen molar-refractivity contribution in [1.29, 1.82) is 0 Å². The lowest BCUT2D eigenvalue weighted by Gasteiger charge is -1.95. The number of aromatic amines is 1. The van der Waals surface area contributed by atoms with E-state index < -0.39 is 0 Å². The molecular formula is C17H12ClN5OS. The van der Waals surface area contributed by atoms with Gasteiger partial charge in [-0.3, -0.25) is 5.10 Å². The van der Waals surface area contributed by atoms with Crippen LogP contribution in [0.4, 0.5) is 0 Å². The molecule has 6 nitrogen and oxygen atoms in total. The second kappa shape index (κ2) is 7.08. The van der Waals surface area contributed by atoms with Crippen LogP contribution < -0.4 is 0 Å². The molecule has 0 bridgehead atoms. The molecule has 2 heterocycles. The van der Waals surface area contributed by atoms with Crippen molar-refractivity contribution in [3.63, 3.8) is 0 Å². The third kappa shape index (κ3) is 3.57. The summed E-state index contributed by atoms with van der Waals surface area (Å²) in [6, 6.07) is 17.2. The molecule has 4 rings (SSSR count). The molecule has 4 aromatic rings. The van der Waals surface area contributed by atoms with E-state index in [4.69, 9.17) is 16.1 Å². The van der Waals surface area contributed by atoms with Crippen molar-refractivity contribution in [3.8, 4) is 22.8 Å². The van der Waals surface area contributed by atoms with Crippen molar-refractivity contribution in [3.05, 3.63) is 65.5 Å². The van der Waals surface area contributed by atoms with Crippen LogP contribution in [0.15, 0.2) is 64.3 Å². The summed E-state index contributed by atoms with van der Waals surface area (Å²) in [5.74, 6) is 2.17. The summed E-state index contributed by atoms with van der Waals surface area (Å²) in [6.45, 7) is 0. The number of aromatic nitrogens is 5. The van der Waals surface area contributed by atoms with Gasteiger partial charge in [-0.15, -0.1) is 5.10 Å². The van der Waals surface area contributed by atoms with E-state index in [-0.39, 0.29) is 0 Å². The molecule has 0 atom stereocenters. The quantitative estimate of drug-likeness (QED) is 0.523. The molecule has 0 unspecified atom stereocenters. The van der Waals surface area contributed by atoms with Gasteiger partial charge in [0.1, 0.15) is 0 Å². The Labute approximate surface area is 152 Å². The van der Waals surface area contributed by atoms with Crippen LogP contribution in [0.1, 0.15) is 5.89 Å². The maximum atomic E-state index is 6.15. The van der Waals surface area contributed by atoms with E-state index in [1.54, 1.807) is 6.07 Å². The zero-order chi connectivity index (χ0) is 17.1. The fraction of sp³-hybridized carbons (Fsp3) is 0.0588. The minimum atomic E-state index is 0.473. The molecule has 0 radical (unpaired) electrons. The fourth-order valence-electron chi connectivity index (χ4n) is 2.23. The van der Waals surface area contributed by atoms with Gasteiger partial charge in [-0.05, 0) is 12.1 Å². The number of nitrogens with one attached hydrogen (secondary N) is 1. The predicted molar refractivity (Wildman–Crippen MR) is 96.1 cm³/mol. The largest absolute Gasteiger partial charge is 0.338 e. The van der Waals surface area contributed by atoms with E-state index in [0.29, 0.717) is 27.6 Å². The normalized spacial score (nSPS) is 10.9. The number of hydrogen-bond donors (Lipinski definition) is 1. The Morgan fingerprint density at radius 3 is 2.64 bits per heavy atom. The number of hydrogen-bond acceptors (Lipinski definition) is 6. The highest BCUT2D eigenvalue weighted by molar-refractivity contribution is 7.98. The fourth-order valence-corrected chi connectivity index (χ4v) is 3.08. The van der Waals surface area contributed by atoms with Crippen molar-refractivity contribution in [2.45, 2.75) is 10.9 Å². The SMILES string of the molecule is Clc1ccccc1-c1noc(CSc2n[nH]c(-c3ccccc3)n2)n1. The lowest BCUT2D eigenvalue weighted by Crippen LogP contribution is -1.84. The average Bonchev–Trinajstić information content (AvgIpc) is 3.31. The van der Waals surface area contributed by atoms with Crippen LogP contribution in [0, 0.1) is 0 Å². The number of nitrogens with zero attached hydrogens (tertiary/aromatic N) is 4. The highest BCUT2D eigenvalue weighted by Crippen LogP contribution is 2.26. The minimum Gasteiger partial charge on any atom is -0.338 e. The highest BCUT2D eigenvalue weighted by atomic mass is 35.5. The van der Waals surface area contributed by atoms with Crippen LogP contribution in [-0.2, 0) is 5.75 Å². The van der Waals surface area contributed by atoms with E-state index >= 15 is 0 Å². The monoisotopic (exact) mass is 369 g/mol. The topological polar surface area (TPSA) is 80.5 Å². The van der Waals surface area contributed by atoms with Crippen LogP contribution in [-0.4, -0.2) is 25.3 Å². The standard InChI is InChI=1S/C17H12ClN5OS/c18-13-9-5-4-8-12(13)16-19-14(24-23-16)10-25-17-20-15(21-22-17)11-6-2-1-3-7-11/h1-9H,10H2,(H,20,21,22). The highest BCUT2D eigenvalue weighted by Gasteiger charge is 2.13. The smallest absolute Gasteiger partial charge is 0.237 e. The Morgan fingerprint density at radius 2 is 1.80 bits per heavy atom. The minimum absolute atomic E-state index is 0.473. The first-order chi connectivity index (χ1) is 12.3. The lowest BCUT2D eigenvalue weighted by molar-refractivity contribution is 0.391. The molecule has 0 saturated carbocycles. The number of halogens is 1. The molecule has 0 aliphatic carbocycles. The number of H-pyrrole nitrogens is 1. The van der Waals surface area contributed by atoms with Gasteiger partial charge in [-0.1, -0.05) is 71.0 Å². The third-order valence-corrected chi connectivity index (χ3v) is 4.58. The van der Waals surface area contributed by atoms with Crippen LogP contribution >= 0.6 is 23.4 Å². The predicted octanol–water partition coefficient (Wildman–Crippen LogP) is 4.47. The molecule has 1 N–H and O–H groups in total. The van der Waals surface area contributed by atoms with Gasteiger partial charge in [0.25, 0.3) is 0 Å². The van der Waals surface area contributed by atoms with E-state index in [1.165, 1.54) is 11.8 Å². The summed E-state index contributed by atoms with van der Waals surface area (Å²) in [5.41, 5.74) is 1.73. The Hall–Kier alpha value is -2.64. The Morgan fingerprint density at radius 1 is 1.00 bits per heavy atom. The molecule has 25 heavy (non-hydrogen) atoms. The summed E-state index contributed by atoms with van der Waals surface area (Å²) in [7, 11) is 0. The molecule has 8 heteroatoms. The van der Waals surface area contributed by atoms with Gasteiger partial charge in [-0.25, -0.2) is 4.98 Å². The summed E-state index contributed by atoms with van der Waals surface area (Å²) in [4.78, 5) is 8.83. The first kappa shape index (κ1) is 15.9. The van der Waals surface area contributed by atoms with Crippen molar-refractivity contribution in [2.75, 3.05) is 0 Å². The molecule has 124 valence electrons. The maximum Gasteiger partial charge on any atom is 0.237 e. The molecule has 0 fully saturated rings. The Balaban J connectivity index is 1.44. The van der Waals surface area contributed by atoms with Crippen LogP contribution in [0.3, 0.4) is 0 Å². The summed E-state index contributed by atoms with van der Waals surface area (Å²) in [6.07, 6.45) is 0. The molecular weight excluding hydrogens is 358 g/mol. The first-order valence-corrected chi connectivity index (χ1v) is 8.84. The van der Waals surface area contributed by atoms with Crippen LogP contribution in [0.5, 0.6) is 0 Å². The third-order valence-electron chi connectivity index (χ3n) is 3.42. The van der Waals surface area contributed by atoms with Crippen LogP contribution in [0.2, 0.25) is 5.02 Å². The van der Waals surface area contributed by atoms with Gasteiger partial charge >= 0.3 is 0 Å². The first-order valence-electron chi connectivity index (χ1n) is 7.48. The van der Waals surface area contributed by atoms with Gasteiger partial charge in [0.2, 0.25) is 16.9 Å². The van der Waals surface area contributed by atoms with Gasteiger partial charge in [0.15, 0.2) is 5.82 Å². The molecule has 0 aliphatic rings. The second-order valence-electron chi connectivity index (χ2n) is 5.11. The van der Waals surface area contributed by atoms with Crippen molar-refractivity contribution in [2.24, 2.45) is 0 Å². The zero-order valence-corrected chi connectivity index (χ0v) is 14.5. The maximum absolute atomic E-state index is 6.15. The molecule has 2 aromatic carbocycles. The molecule has 0 saturated heterocycles. The number of benzene rings is 2. The Bertz CT molecular complexity index is 985. The average molecular weight is 370 g/mol. The van der Waals surface area contributed by atoms with Gasteiger partial charge in [0.05, 0.1) is 10.8 Å². The molecule has 0 aliphatic heterocycles. The summed E-state index contributed by atoms with van der Waals surface area (Å²) >= 11 is 7.57. The van der Waals surface area contributed by atoms with E-state index in [1.807, 2.05) is 48.5 Å².